The predicted molar refractivity (Wildman–Crippen MR) is 127 cm³/mol. The largest absolute Gasteiger partial charge is 0.387 e. The minimum atomic E-state index is -0.642. The first-order valence-corrected chi connectivity index (χ1v) is 11.2. The van der Waals surface area contributed by atoms with Gasteiger partial charge >= 0.3 is 0 Å². The number of nitrogens with zero attached hydrogens (tertiary/aromatic N) is 2. The number of thiophene rings is 1. The lowest BCUT2D eigenvalue weighted by molar-refractivity contribution is -0.114. The van der Waals surface area contributed by atoms with Gasteiger partial charge in [-0.2, -0.15) is 5.10 Å². The molecule has 0 aliphatic rings. The lowest BCUT2D eigenvalue weighted by Gasteiger charge is -2.08. The summed E-state index contributed by atoms with van der Waals surface area (Å²) in [5.74, 6) is -0.102. The van der Waals surface area contributed by atoms with Crippen LogP contribution in [0, 0.1) is 0 Å². The molecule has 2 N–H and O–H groups in total. The molecule has 2 aromatic carbocycles. The molecule has 0 radical (unpaired) electrons. The summed E-state index contributed by atoms with van der Waals surface area (Å²) >= 11 is 8.06. The molecule has 0 aliphatic heterocycles. The van der Waals surface area contributed by atoms with E-state index in [2.05, 4.69) is 10.4 Å². The zero-order valence-electron chi connectivity index (χ0n) is 17.2. The van der Waals surface area contributed by atoms with E-state index in [1.165, 1.54) is 6.92 Å². The van der Waals surface area contributed by atoms with E-state index in [0.29, 0.717) is 17.1 Å². The summed E-state index contributed by atoms with van der Waals surface area (Å²) in [6, 6.07) is 21.3. The molecule has 158 valence electrons. The van der Waals surface area contributed by atoms with Crippen molar-refractivity contribution in [1.82, 2.24) is 9.78 Å². The molecule has 4 rings (SSSR count). The van der Waals surface area contributed by atoms with Crippen LogP contribution in [0.25, 0.3) is 26.7 Å². The van der Waals surface area contributed by atoms with Gasteiger partial charge < -0.3 is 10.4 Å². The van der Waals surface area contributed by atoms with Crippen LogP contribution in [0.4, 0.5) is 5.69 Å². The Kier molecular flexibility index (Phi) is 6.23. The van der Waals surface area contributed by atoms with Crippen LogP contribution in [0.5, 0.6) is 0 Å². The normalized spacial score (nSPS) is 12.0. The van der Waals surface area contributed by atoms with Crippen LogP contribution < -0.4 is 5.32 Å². The molecular formula is C24H22ClN3O2S. The topological polar surface area (TPSA) is 67.2 Å². The summed E-state index contributed by atoms with van der Waals surface area (Å²) in [6.07, 6.45) is -0.0683. The van der Waals surface area contributed by atoms with E-state index in [9.17, 15) is 9.90 Å². The van der Waals surface area contributed by atoms with Crippen molar-refractivity contribution in [2.24, 2.45) is 0 Å². The second-order valence-corrected chi connectivity index (χ2v) is 8.66. The molecule has 1 amide bonds. The quantitative estimate of drug-likeness (QED) is 0.360. The average molecular weight is 452 g/mol. The van der Waals surface area contributed by atoms with Gasteiger partial charge in [0.25, 0.3) is 0 Å². The number of hydrogen-bond donors (Lipinski definition) is 2. The van der Waals surface area contributed by atoms with Gasteiger partial charge in [0, 0.05) is 17.5 Å². The Labute approximate surface area is 189 Å². The summed E-state index contributed by atoms with van der Waals surface area (Å²) in [5.41, 5.74) is 4.01. The first kappa shape index (κ1) is 21.3. The van der Waals surface area contributed by atoms with Gasteiger partial charge in [-0.3, -0.25) is 4.79 Å². The third kappa shape index (κ3) is 4.56. The number of aliphatic hydroxyl groups is 1. The number of benzene rings is 2. The van der Waals surface area contributed by atoms with E-state index in [0.717, 1.165) is 32.4 Å². The van der Waals surface area contributed by atoms with Crippen molar-refractivity contribution in [3.05, 3.63) is 77.4 Å². The van der Waals surface area contributed by atoms with Gasteiger partial charge in [-0.1, -0.05) is 42.8 Å². The number of aliphatic hydroxyl groups excluding tert-OH is 1. The minimum absolute atomic E-state index is 0.102. The molecule has 2 heterocycles. The number of hydrogen-bond acceptors (Lipinski definition) is 4. The molecule has 1 atom stereocenters. The van der Waals surface area contributed by atoms with Gasteiger partial charge in [0.2, 0.25) is 5.91 Å². The van der Waals surface area contributed by atoms with Crippen LogP contribution in [-0.4, -0.2) is 20.8 Å². The Balaban J connectivity index is 1.77. The molecule has 1 unspecified atom stereocenters. The fraction of sp³-hybridized carbons (Fsp3) is 0.167. The van der Waals surface area contributed by atoms with Crippen LogP contribution in [-0.2, 0) is 4.79 Å². The third-order valence-electron chi connectivity index (χ3n) is 4.86. The smallest absolute Gasteiger partial charge is 0.221 e. The summed E-state index contributed by atoms with van der Waals surface area (Å²) in [6.45, 7) is 3.41. The van der Waals surface area contributed by atoms with Gasteiger partial charge in [-0.15, -0.1) is 11.3 Å². The summed E-state index contributed by atoms with van der Waals surface area (Å²) in [7, 11) is 0. The second-order valence-electron chi connectivity index (χ2n) is 7.17. The molecule has 7 heteroatoms. The highest BCUT2D eigenvalue weighted by atomic mass is 35.5. The molecule has 0 saturated carbocycles. The molecule has 31 heavy (non-hydrogen) atoms. The molecule has 0 fully saturated rings. The fourth-order valence-electron chi connectivity index (χ4n) is 3.34. The highest BCUT2D eigenvalue weighted by Gasteiger charge is 2.19. The number of halogens is 1. The van der Waals surface area contributed by atoms with Crippen molar-refractivity contribution in [1.29, 1.82) is 0 Å². The monoisotopic (exact) mass is 451 g/mol. The third-order valence-corrected chi connectivity index (χ3v) is 6.34. The van der Waals surface area contributed by atoms with E-state index in [1.54, 1.807) is 16.0 Å². The number of amides is 1. The molecule has 0 spiro atoms. The standard InChI is InChI=1S/C24H22ClN3O2S/c1-3-22(30)19-14-21(28(27-19)20-10-5-4-9-18(20)25)24-12-11-23(31-24)16-7-6-8-17(13-16)26-15(2)29/h4-14,22,30H,3H2,1-2H3,(H,26,29). The van der Waals surface area contributed by atoms with Crippen molar-refractivity contribution in [2.45, 2.75) is 26.4 Å². The Hall–Kier alpha value is -2.93. The van der Waals surface area contributed by atoms with Crippen molar-refractivity contribution in [2.75, 3.05) is 5.32 Å². The first-order chi connectivity index (χ1) is 15.0. The van der Waals surface area contributed by atoms with Gasteiger partial charge in [-0.05, 0) is 54.4 Å². The Bertz CT molecular complexity index is 1230. The first-order valence-electron chi connectivity index (χ1n) is 9.97. The van der Waals surface area contributed by atoms with Gasteiger partial charge in [-0.25, -0.2) is 4.68 Å². The van der Waals surface area contributed by atoms with Crippen LogP contribution in [0.3, 0.4) is 0 Å². The van der Waals surface area contributed by atoms with Gasteiger partial charge in [0.1, 0.15) is 0 Å². The predicted octanol–water partition coefficient (Wildman–Crippen LogP) is 6.32. The highest BCUT2D eigenvalue weighted by molar-refractivity contribution is 7.18. The maximum atomic E-state index is 11.4. The second kappa shape index (κ2) is 9.06. The molecule has 0 saturated heterocycles. The van der Waals surface area contributed by atoms with E-state index in [1.807, 2.05) is 73.7 Å². The Morgan fingerprint density at radius 2 is 1.90 bits per heavy atom. The molecule has 4 aromatic rings. The Morgan fingerprint density at radius 3 is 2.65 bits per heavy atom. The van der Waals surface area contributed by atoms with E-state index >= 15 is 0 Å². The summed E-state index contributed by atoms with van der Waals surface area (Å²) in [4.78, 5) is 13.4. The van der Waals surface area contributed by atoms with E-state index < -0.39 is 6.10 Å². The van der Waals surface area contributed by atoms with Crippen molar-refractivity contribution in [3.63, 3.8) is 0 Å². The number of anilines is 1. The number of rotatable bonds is 6. The maximum Gasteiger partial charge on any atom is 0.221 e. The van der Waals surface area contributed by atoms with E-state index in [4.69, 9.17) is 11.6 Å². The van der Waals surface area contributed by atoms with Crippen LogP contribution in [0.1, 0.15) is 32.1 Å². The number of para-hydroxylation sites is 1. The number of aromatic nitrogens is 2. The van der Waals surface area contributed by atoms with E-state index in [-0.39, 0.29) is 5.91 Å². The van der Waals surface area contributed by atoms with Gasteiger partial charge in [0.05, 0.1) is 33.1 Å². The lowest BCUT2D eigenvalue weighted by Crippen LogP contribution is -2.05. The van der Waals surface area contributed by atoms with Crippen LogP contribution in [0.2, 0.25) is 5.02 Å². The van der Waals surface area contributed by atoms with Crippen molar-refractivity contribution < 1.29 is 9.90 Å². The molecule has 2 aromatic heterocycles. The maximum absolute atomic E-state index is 11.4. The fourth-order valence-corrected chi connectivity index (χ4v) is 4.56. The molecule has 0 aliphatic carbocycles. The average Bonchev–Trinajstić information content (AvgIpc) is 3.41. The lowest BCUT2D eigenvalue weighted by atomic mass is 10.1. The molecule has 5 nitrogen and oxygen atoms in total. The number of carbonyl (C=O) groups excluding carboxylic acids is 1. The Morgan fingerprint density at radius 1 is 1.13 bits per heavy atom. The van der Waals surface area contributed by atoms with Crippen molar-refractivity contribution in [3.8, 4) is 26.7 Å². The summed E-state index contributed by atoms with van der Waals surface area (Å²) in [5, 5.41) is 18.4. The summed E-state index contributed by atoms with van der Waals surface area (Å²) < 4.78 is 1.79. The minimum Gasteiger partial charge on any atom is -0.387 e. The van der Waals surface area contributed by atoms with Crippen LogP contribution in [0.15, 0.2) is 66.7 Å². The SMILES string of the molecule is CCC(O)c1cc(-c2ccc(-c3cccc(NC(C)=O)c3)s2)n(-c2ccccc2Cl)n1. The zero-order chi connectivity index (χ0) is 22.0. The zero-order valence-corrected chi connectivity index (χ0v) is 18.7. The number of carbonyl (C=O) groups is 1. The van der Waals surface area contributed by atoms with Crippen molar-refractivity contribution >= 4 is 34.5 Å². The van der Waals surface area contributed by atoms with Gasteiger partial charge in [0.15, 0.2) is 0 Å². The molecule has 0 bridgehead atoms. The molecular weight excluding hydrogens is 430 g/mol. The van der Waals surface area contributed by atoms with Crippen LogP contribution >= 0.6 is 22.9 Å². The highest BCUT2D eigenvalue weighted by Crippen LogP contribution is 2.38. The number of nitrogens with one attached hydrogen (secondary N) is 1.